The van der Waals surface area contributed by atoms with Crippen molar-refractivity contribution in [3.8, 4) is 5.75 Å². The molecule has 0 radical (unpaired) electrons. The highest BCUT2D eigenvalue weighted by Gasteiger charge is 2.51. The number of anilines is 2. The van der Waals surface area contributed by atoms with Crippen LogP contribution in [0.15, 0.2) is 41.4 Å². The number of hydrogen-bond donors (Lipinski definition) is 2. The molecular formula is C19H14ClFN2O4S. The van der Waals surface area contributed by atoms with Gasteiger partial charge in [0, 0.05) is 28.9 Å². The molecule has 1 aromatic heterocycles. The number of aromatic nitrogens is 1. The van der Waals surface area contributed by atoms with Crippen molar-refractivity contribution in [1.82, 2.24) is 4.98 Å². The first-order chi connectivity index (χ1) is 13.0. The molecule has 0 bridgehead atoms. The van der Waals surface area contributed by atoms with E-state index in [0.29, 0.717) is 16.6 Å². The Labute approximate surface area is 164 Å². The second kappa shape index (κ2) is 5.89. The summed E-state index contributed by atoms with van der Waals surface area (Å²) < 4.78 is 38.2. The minimum atomic E-state index is -3.87. The van der Waals surface area contributed by atoms with Gasteiger partial charge >= 0.3 is 0 Å². The Bertz CT molecular complexity index is 1290. The zero-order chi connectivity index (χ0) is 20.4. The lowest BCUT2D eigenvalue weighted by atomic mass is 9.99. The molecule has 0 atom stereocenters. The Balaban J connectivity index is 1.92. The first kappa shape index (κ1) is 18.6. The highest BCUT2D eigenvalue weighted by Crippen LogP contribution is 2.42. The van der Waals surface area contributed by atoms with Gasteiger partial charge in [0.25, 0.3) is 0 Å². The molecule has 2 aromatic carbocycles. The Morgan fingerprint density at radius 3 is 2.61 bits per heavy atom. The Kier molecular flexibility index (Phi) is 3.92. The molecule has 0 aliphatic carbocycles. The number of pyridine rings is 1. The van der Waals surface area contributed by atoms with Gasteiger partial charge in [0.05, 0.1) is 21.1 Å². The minimum absolute atomic E-state index is 0.0471. The van der Waals surface area contributed by atoms with Gasteiger partial charge in [-0.15, -0.1) is 0 Å². The van der Waals surface area contributed by atoms with Crippen LogP contribution in [0.5, 0.6) is 5.75 Å². The fourth-order valence-electron chi connectivity index (χ4n) is 3.18. The summed E-state index contributed by atoms with van der Waals surface area (Å²) in [6, 6.07) is 6.43. The number of carbonyl (C=O) groups is 1. The van der Waals surface area contributed by atoms with E-state index in [9.17, 15) is 22.7 Å². The van der Waals surface area contributed by atoms with Crippen molar-refractivity contribution in [2.24, 2.45) is 0 Å². The van der Waals surface area contributed by atoms with Gasteiger partial charge in [0.1, 0.15) is 16.3 Å². The van der Waals surface area contributed by atoms with Gasteiger partial charge in [-0.1, -0.05) is 11.6 Å². The Hall–Kier alpha value is -2.71. The van der Waals surface area contributed by atoms with Crippen molar-refractivity contribution >= 4 is 49.5 Å². The largest absolute Gasteiger partial charge is 0.506 e. The second-order valence-corrected chi connectivity index (χ2v) is 9.85. The highest BCUT2D eigenvalue weighted by atomic mass is 35.5. The van der Waals surface area contributed by atoms with E-state index in [2.05, 4.69) is 10.3 Å². The SMILES string of the molecule is CC1(C)C(=O)c2cc3nccc(Nc4cc(O)c(Cl)cc4F)c3cc2S1(=O)=O. The van der Waals surface area contributed by atoms with Crippen LogP contribution >= 0.6 is 11.6 Å². The fourth-order valence-corrected chi connectivity index (χ4v) is 4.95. The second-order valence-electron chi connectivity index (χ2n) is 6.98. The zero-order valence-electron chi connectivity index (χ0n) is 14.7. The van der Waals surface area contributed by atoms with Gasteiger partial charge in [-0.05, 0) is 38.1 Å². The van der Waals surface area contributed by atoms with Crippen molar-refractivity contribution in [2.45, 2.75) is 23.5 Å². The van der Waals surface area contributed by atoms with Gasteiger partial charge < -0.3 is 10.4 Å². The average molecular weight is 421 g/mol. The molecule has 2 N–H and O–H groups in total. The summed E-state index contributed by atoms with van der Waals surface area (Å²) in [4.78, 5) is 16.7. The van der Waals surface area contributed by atoms with Crippen LogP contribution in [-0.2, 0) is 9.84 Å². The van der Waals surface area contributed by atoms with Gasteiger partial charge in [0.2, 0.25) is 0 Å². The third kappa shape index (κ3) is 2.48. The van der Waals surface area contributed by atoms with Gasteiger partial charge in [-0.2, -0.15) is 0 Å². The maximum atomic E-state index is 14.2. The summed E-state index contributed by atoms with van der Waals surface area (Å²) in [5.74, 6) is -1.49. The van der Waals surface area contributed by atoms with E-state index in [-0.39, 0.29) is 26.9 Å². The molecule has 0 saturated heterocycles. The number of halogens is 2. The smallest absolute Gasteiger partial charge is 0.191 e. The molecule has 144 valence electrons. The van der Waals surface area contributed by atoms with Crippen LogP contribution in [0, 0.1) is 5.82 Å². The van der Waals surface area contributed by atoms with E-state index in [1.807, 2.05) is 0 Å². The molecule has 9 heteroatoms. The number of Topliss-reactive ketones (excluding diaryl/α,β-unsaturated/α-hetero) is 1. The summed E-state index contributed by atoms with van der Waals surface area (Å²) in [6.07, 6.45) is 1.45. The van der Waals surface area contributed by atoms with Crippen molar-refractivity contribution in [1.29, 1.82) is 0 Å². The highest BCUT2D eigenvalue weighted by molar-refractivity contribution is 7.94. The quantitative estimate of drug-likeness (QED) is 0.644. The van der Waals surface area contributed by atoms with Gasteiger partial charge in [-0.25, -0.2) is 12.8 Å². The Morgan fingerprint density at radius 2 is 1.89 bits per heavy atom. The standard InChI is InChI=1S/C19H14ClFN2O4S/c1-19(2)18(25)10-5-14-9(6-17(10)28(19,26)27)13(3-4-22-14)23-15-8-16(24)11(20)7-12(15)21/h3-8,24H,1-2H3,(H,22,23). The predicted molar refractivity (Wildman–Crippen MR) is 104 cm³/mol. The van der Waals surface area contributed by atoms with E-state index in [4.69, 9.17) is 11.6 Å². The minimum Gasteiger partial charge on any atom is -0.506 e. The number of aromatic hydroxyl groups is 1. The van der Waals surface area contributed by atoms with Crippen molar-refractivity contribution in [3.05, 3.63) is 52.9 Å². The van der Waals surface area contributed by atoms with E-state index < -0.39 is 26.2 Å². The lowest BCUT2D eigenvalue weighted by molar-refractivity contribution is 0.0959. The van der Waals surface area contributed by atoms with E-state index >= 15 is 0 Å². The number of rotatable bonds is 2. The monoisotopic (exact) mass is 420 g/mol. The van der Waals surface area contributed by atoms with Gasteiger partial charge in [0.15, 0.2) is 15.6 Å². The number of phenolic OH excluding ortho intramolecular Hbond substituents is 1. The zero-order valence-corrected chi connectivity index (χ0v) is 16.3. The molecule has 6 nitrogen and oxygen atoms in total. The number of hydrogen-bond acceptors (Lipinski definition) is 6. The van der Waals surface area contributed by atoms with Crippen LogP contribution in [0.3, 0.4) is 0 Å². The first-order valence-corrected chi connectivity index (χ1v) is 10.1. The van der Waals surface area contributed by atoms with Crippen LogP contribution < -0.4 is 5.32 Å². The lowest BCUT2D eigenvalue weighted by Gasteiger charge is -2.14. The first-order valence-electron chi connectivity index (χ1n) is 8.21. The molecule has 4 rings (SSSR count). The van der Waals surface area contributed by atoms with Crippen molar-refractivity contribution in [2.75, 3.05) is 5.32 Å². The summed E-state index contributed by atoms with van der Waals surface area (Å²) in [5, 5.41) is 12.8. The van der Waals surface area contributed by atoms with E-state index in [1.54, 1.807) is 0 Å². The van der Waals surface area contributed by atoms with Crippen molar-refractivity contribution < 1.29 is 22.7 Å². The third-order valence-electron chi connectivity index (χ3n) is 4.90. The summed E-state index contributed by atoms with van der Waals surface area (Å²) in [5.41, 5.74) is 0.788. The molecule has 0 saturated carbocycles. The normalized spacial score (nSPS) is 16.9. The number of sulfone groups is 1. The fraction of sp³-hybridized carbons (Fsp3) is 0.158. The molecule has 0 unspecified atom stereocenters. The number of nitrogens with one attached hydrogen (secondary N) is 1. The van der Waals surface area contributed by atoms with Crippen LogP contribution in [-0.4, -0.2) is 29.0 Å². The molecule has 28 heavy (non-hydrogen) atoms. The summed E-state index contributed by atoms with van der Waals surface area (Å²) >= 11 is 5.69. The van der Waals surface area contributed by atoms with E-state index in [0.717, 1.165) is 12.1 Å². The molecule has 1 aliphatic rings. The van der Waals surface area contributed by atoms with Crippen LogP contribution in [0.25, 0.3) is 10.9 Å². The number of benzene rings is 2. The third-order valence-corrected chi connectivity index (χ3v) is 7.65. The van der Waals surface area contributed by atoms with Crippen LogP contribution in [0.2, 0.25) is 5.02 Å². The Morgan fingerprint density at radius 1 is 1.18 bits per heavy atom. The summed E-state index contributed by atoms with van der Waals surface area (Å²) in [6.45, 7) is 2.74. The number of phenols is 1. The predicted octanol–water partition coefficient (Wildman–Crippen LogP) is 4.23. The van der Waals surface area contributed by atoms with Crippen LogP contribution in [0.1, 0.15) is 24.2 Å². The van der Waals surface area contributed by atoms with Gasteiger partial charge in [-0.3, -0.25) is 9.78 Å². The molecular weight excluding hydrogens is 407 g/mol. The van der Waals surface area contributed by atoms with E-state index in [1.165, 1.54) is 38.2 Å². The molecule has 2 heterocycles. The average Bonchev–Trinajstić information content (AvgIpc) is 2.76. The molecule has 0 amide bonds. The maximum Gasteiger partial charge on any atom is 0.191 e. The lowest BCUT2D eigenvalue weighted by Crippen LogP contribution is -2.33. The molecule has 3 aromatic rings. The number of carbonyl (C=O) groups excluding carboxylic acids is 1. The molecule has 0 fully saturated rings. The number of nitrogens with zero attached hydrogens (tertiary/aromatic N) is 1. The molecule has 0 spiro atoms. The van der Waals surface area contributed by atoms with Crippen molar-refractivity contribution in [3.63, 3.8) is 0 Å². The number of fused-ring (bicyclic) bond motifs is 2. The molecule has 1 aliphatic heterocycles. The maximum absolute atomic E-state index is 14.2. The van der Waals surface area contributed by atoms with Crippen LogP contribution in [0.4, 0.5) is 15.8 Å². The number of ketones is 1. The topological polar surface area (TPSA) is 96.4 Å². The summed E-state index contributed by atoms with van der Waals surface area (Å²) in [7, 11) is -3.87.